The molecule has 0 aliphatic rings. The lowest BCUT2D eigenvalue weighted by Crippen LogP contribution is -2.40. The summed E-state index contributed by atoms with van der Waals surface area (Å²) in [4.78, 5) is 0. The number of rotatable bonds is 7. The maximum absolute atomic E-state index is 5.63. The molecule has 0 unspecified atom stereocenters. The predicted octanol–water partition coefficient (Wildman–Crippen LogP) is 2.78. The maximum Gasteiger partial charge on any atom is 0.268 e. The minimum atomic E-state index is -1.10. The second kappa shape index (κ2) is 7.05. The van der Waals surface area contributed by atoms with Crippen molar-refractivity contribution in [2.75, 3.05) is 19.8 Å². The third-order valence-corrected chi connectivity index (χ3v) is 2.42. The molecule has 0 radical (unpaired) electrons. The van der Waals surface area contributed by atoms with Gasteiger partial charge in [0.15, 0.2) is 6.61 Å². The van der Waals surface area contributed by atoms with Gasteiger partial charge in [0, 0.05) is 13.2 Å². The molecule has 0 aliphatic heterocycles. The zero-order valence-electron chi connectivity index (χ0n) is 11.2. The van der Waals surface area contributed by atoms with Crippen LogP contribution in [0.5, 0.6) is 5.75 Å². The first-order valence-corrected chi connectivity index (χ1v) is 6.11. The number of hydrogen-bond acceptors (Lipinski definition) is 3. The molecule has 1 rings (SSSR count). The molecule has 0 saturated carbocycles. The van der Waals surface area contributed by atoms with Gasteiger partial charge in [-0.25, -0.2) is 0 Å². The van der Waals surface area contributed by atoms with Crippen LogP contribution >= 0.6 is 0 Å². The molecule has 1 aromatic rings. The van der Waals surface area contributed by atoms with Crippen LogP contribution in [0.3, 0.4) is 0 Å². The van der Waals surface area contributed by atoms with Gasteiger partial charge >= 0.3 is 0 Å². The van der Waals surface area contributed by atoms with Crippen LogP contribution in [0.25, 0.3) is 0 Å². The van der Waals surface area contributed by atoms with E-state index < -0.39 is 5.79 Å². The lowest BCUT2D eigenvalue weighted by Gasteiger charge is -2.27. The predicted molar refractivity (Wildman–Crippen MR) is 71.5 cm³/mol. The van der Waals surface area contributed by atoms with E-state index in [0.717, 1.165) is 5.75 Å². The summed E-state index contributed by atoms with van der Waals surface area (Å²) in [6.45, 7) is 6.89. The molecule has 0 amide bonds. The summed E-state index contributed by atoms with van der Waals surface area (Å²) >= 11 is 0. The van der Waals surface area contributed by atoms with Gasteiger partial charge in [-0.05, 0) is 38.8 Å². The van der Waals surface area contributed by atoms with E-state index in [1.807, 2.05) is 45.0 Å². The van der Waals surface area contributed by atoms with Crippen molar-refractivity contribution >= 4 is 0 Å². The zero-order valence-corrected chi connectivity index (χ0v) is 11.2. The topological polar surface area (TPSA) is 27.7 Å². The van der Waals surface area contributed by atoms with Gasteiger partial charge in [-0.2, -0.15) is 0 Å². The molecule has 0 atom stereocenters. The van der Waals surface area contributed by atoms with Gasteiger partial charge in [-0.3, -0.25) is 0 Å². The van der Waals surface area contributed by atoms with Crippen molar-refractivity contribution in [2.45, 2.75) is 26.6 Å². The van der Waals surface area contributed by atoms with E-state index in [-0.39, 0.29) is 6.61 Å². The Morgan fingerprint density at radius 2 is 1.67 bits per heavy atom. The van der Waals surface area contributed by atoms with Crippen molar-refractivity contribution in [3.05, 3.63) is 29.8 Å². The van der Waals surface area contributed by atoms with Crippen molar-refractivity contribution in [3.63, 3.8) is 0 Å². The second-order valence-electron chi connectivity index (χ2n) is 3.86. The Morgan fingerprint density at radius 3 is 2.11 bits per heavy atom. The molecule has 98 valence electrons. The number of ether oxygens (including phenoxy) is 3. The van der Waals surface area contributed by atoms with Gasteiger partial charge in [0.2, 0.25) is 0 Å². The van der Waals surface area contributed by atoms with Crippen molar-refractivity contribution < 1.29 is 14.2 Å². The standard InChI is InChI=1S/C15H20O3/c1-5-15(17-6-2,18-7-3)12-16-14-10-8-13(4)9-11-14/h1,8-11H,6-7,12H2,2-4H3. The van der Waals surface area contributed by atoms with Crippen molar-refractivity contribution in [2.24, 2.45) is 0 Å². The van der Waals surface area contributed by atoms with E-state index in [4.69, 9.17) is 20.6 Å². The van der Waals surface area contributed by atoms with E-state index in [0.29, 0.717) is 13.2 Å². The summed E-state index contributed by atoms with van der Waals surface area (Å²) in [5.74, 6) is 2.18. The Bertz CT molecular complexity index is 383. The monoisotopic (exact) mass is 248 g/mol. The molecule has 0 bridgehead atoms. The first-order valence-electron chi connectivity index (χ1n) is 6.11. The average Bonchev–Trinajstić information content (AvgIpc) is 2.38. The summed E-state index contributed by atoms with van der Waals surface area (Å²) in [5.41, 5.74) is 1.18. The van der Waals surface area contributed by atoms with Crippen molar-refractivity contribution in [3.8, 4) is 18.1 Å². The molecule has 0 fully saturated rings. The summed E-state index contributed by atoms with van der Waals surface area (Å²) in [6.07, 6.45) is 5.49. The minimum absolute atomic E-state index is 0.175. The quantitative estimate of drug-likeness (QED) is 0.548. The van der Waals surface area contributed by atoms with Crippen molar-refractivity contribution in [1.82, 2.24) is 0 Å². The average molecular weight is 248 g/mol. The fraction of sp³-hybridized carbons (Fsp3) is 0.467. The molecule has 3 nitrogen and oxygen atoms in total. The minimum Gasteiger partial charge on any atom is -0.487 e. The SMILES string of the molecule is C#CC(COc1ccc(C)cc1)(OCC)OCC. The van der Waals surface area contributed by atoms with Gasteiger partial charge in [0.05, 0.1) is 0 Å². The number of aryl methyl sites for hydroxylation is 1. The molecule has 0 spiro atoms. The first kappa shape index (κ1) is 14.6. The molecule has 0 saturated heterocycles. The first-order chi connectivity index (χ1) is 8.65. The largest absolute Gasteiger partial charge is 0.487 e. The van der Waals surface area contributed by atoms with Crippen LogP contribution < -0.4 is 4.74 Å². The molecule has 18 heavy (non-hydrogen) atoms. The van der Waals surface area contributed by atoms with Gasteiger partial charge in [0.25, 0.3) is 5.79 Å². The molecule has 1 aromatic carbocycles. The Balaban J connectivity index is 2.67. The molecular formula is C15H20O3. The Hall–Kier alpha value is -1.50. The number of terminal acetylenes is 1. The third-order valence-electron chi connectivity index (χ3n) is 2.42. The molecule has 3 heteroatoms. The van der Waals surface area contributed by atoms with Crippen LogP contribution in [0, 0.1) is 19.3 Å². The molecule has 0 aliphatic carbocycles. The lowest BCUT2D eigenvalue weighted by molar-refractivity contribution is -0.207. The Labute approximate surface area is 109 Å². The summed E-state index contributed by atoms with van der Waals surface area (Å²) in [5, 5.41) is 0. The second-order valence-corrected chi connectivity index (χ2v) is 3.86. The van der Waals surface area contributed by atoms with Crippen LogP contribution in [0.4, 0.5) is 0 Å². The summed E-state index contributed by atoms with van der Waals surface area (Å²) in [7, 11) is 0. The highest BCUT2D eigenvalue weighted by Gasteiger charge is 2.30. The normalized spacial score (nSPS) is 11.0. The highest BCUT2D eigenvalue weighted by molar-refractivity contribution is 5.26. The van der Waals surface area contributed by atoms with Crippen molar-refractivity contribution in [1.29, 1.82) is 0 Å². The number of benzene rings is 1. The van der Waals surface area contributed by atoms with Gasteiger partial charge in [-0.15, -0.1) is 6.42 Å². The number of hydrogen-bond donors (Lipinski definition) is 0. The fourth-order valence-electron chi connectivity index (χ4n) is 1.53. The van der Waals surface area contributed by atoms with E-state index >= 15 is 0 Å². The van der Waals surface area contributed by atoms with Crippen LogP contribution in [0.2, 0.25) is 0 Å². The third kappa shape index (κ3) is 4.06. The highest BCUT2D eigenvalue weighted by atomic mass is 16.7. The maximum atomic E-state index is 5.63. The van der Waals surface area contributed by atoms with E-state index in [9.17, 15) is 0 Å². The molecule has 0 aromatic heterocycles. The van der Waals surface area contributed by atoms with Gasteiger partial charge < -0.3 is 14.2 Å². The van der Waals surface area contributed by atoms with Crippen LogP contribution in [0.1, 0.15) is 19.4 Å². The summed E-state index contributed by atoms with van der Waals surface area (Å²) < 4.78 is 16.6. The van der Waals surface area contributed by atoms with Crippen LogP contribution in [0.15, 0.2) is 24.3 Å². The van der Waals surface area contributed by atoms with Crippen LogP contribution in [-0.4, -0.2) is 25.6 Å². The van der Waals surface area contributed by atoms with Gasteiger partial charge in [-0.1, -0.05) is 17.7 Å². The molecule has 0 N–H and O–H groups in total. The van der Waals surface area contributed by atoms with Crippen LogP contribution in [-0.2, 0) is 9.47 Å². The smallest absolute Gasteiger partial charge is 0.268 e. The molecule has 0 heterocycles. The van der Waals surface area contributed by atoms with E-state index in [1.165, 1.54) is 5.56 Å². The fourth-order valence-corrected chi connectivity index (χ4v) is 1.53. The Morgan fingerprint density at radius 1 is 1.11 bits per heavy atom. The van der Waals surface area contributed by atoms with E-state index in [1.54, 1.807) is 0 Å². The lowest BCUT2D eigenvalue weighted by atomic mass is 10.2. The highest BCUT2D eigenvalue weighted by Crippen LogP contribution is 2.17. The molecular weight excluding hydrogens is 228 g/mol. The van der Waals surface area contributed by atoms with E-state index in [2.05, 4.69) is 5.92 Å². The Kier molecular flexibility index (Phi) is 5.70. The van der Waals surface area contributed by atoms with Gasteiger partial charge in [0.1, 0.15) is 5.75 Å². The summed E-state index contributed by atoms with van der Waals surface area (Å²) in [6, 6.07) is 7.76. The zero-order chi connectivity index (χ0) is 13.4.